The maximum Gasteiger partial charge on any atom is 0.226 e. The molecule has 3 rings (SSSR count). The summed E-state index contributed by atoms with van der Waals surface area (Å²) in [5, 5.41) is 5.60. The molecule has 0 aliphatic carbocycles. The first-order chi connectivity index (χ1) is 12.7. The zero-order chi connectivity index (χ0) is 18.2. The summed E-state index contributed by atoms with van der Waals surface area (Å²) in [6.07, 6.45) is 6.54. The van der Waals surface area contributed by atoms with Gasteiger partial charge in [0.2, 0.25) is 5.91 Å². The molecular weight excluding hydrogens is 349 g/mol. The van der Waals surface area contributed by atoms with Crippen LogP contribution in [-0.2, 0) is 11.2 Å². The van der Waals surface area contributed by atoms with Crippen LogP contribution in [0.1, 0.15) is 37.8 Å². The van der Waals surface area contributed by atoms with E-state index in [1.54, 1.807) is 6.07 Å². The molecule has 0 radical (unpaired) electrons. The SMILES string of the molecule is O=C(Cc1csc(-c2cccc(F)c2)n1)NCCCN1CCCCCC1. The maximum atomic E-state index is 13.3. The minimum Gasteiger partial charge on any atom is -0.356 e. The largest absolute Gasteiger partial charge is 0.356 e. The van der Waals surface area contributed by atoms with Crippen LogP contribution in [0.3, 0.4) is 0 Å². The van der Waals surface area contributed by atoms with Crippen molar-refractivity contribution in [1.82, 2.24) is 15.2 Å². The van der Waals surface area contributed by atoms with Crippen molar-refractivity contribution in [1.29, 1.82) is 0 Å². The Bertz CT molecular complexity index is 711. The number of hydrogen-bond acceptors (Lipinski definition) is 4. The van der Waals surface area contributed by atoms with Gasteiger partial charge in [0, 0.05) is 17.5 Å². The first-order valence-electron chi connectivity index (χ1n) is 9.40. The molecule has 1 aromatic carbocycles. The molecule has 1 saturated heterocycles. The van der Waals surface area contributed by atoms with Gasteiger partial charge in [-0.1, -0.05) is 25.0 Å². The van der Waals surface area contributed by atoms with Crippen LogP contribution in [-0.4, -0.2) is 42.0 Å². The van der Waals surface area contributed by atoms with Crippen LogP contribution < -0.4 is 5.32 Å². The molecular formula is C20H26FN3OS. The normalized spacial score (nSPS) is 15.6. The van der Waals surface area contributed by atoms with Gasteiger partial charge in [-0.2, -0.15) is 0 Å². The second-order valence-electron chi connectivity index (χ2n) is 6.79. The molecule has 1 aromatic heterocycles. The number of carbonyl (C=O) groups is 1. The topological polar surface area (TPSA) is 45.2 Å². The lowest BCUT2D eigenvalue weighted by Crippen LogP contribution is -2.31. The molecule has 0 atom stereocenters. The van der Waals surface area contributed by atoms with Crippen LogP contribution in [0.25, 0.3) is 10.6 Å². The number of amides is 1. The van der Waals surface area contributed by atoms with E-state index < -0.39 is 0 Å². The summed E-state index contributed by atoms with van der Waals surface area (Å²) in [7, 11) is 0. The van der Waals surface area contributed by atoms with Crippen molar-refractivity contribution in [2.45, 2.75) is 38.5 Å². The Balaban J connectivity index is 1.39. The van der Waals surface area contributed by atoms with E-state index in [0.717, 1.165) is 29.2 Å². The summed E-state index contributed by atoms with van der Waals surface area (Å²) < 4.78 is 13.3. The molecule has 4 nitrogen and oxygen atoms in total. The molecule has 2 aromatic rings. The molecule has 1 aliphatic rings. The standard InChI is InChI=1S/C20H26FN3OS/c21-17-8-5-7-16(13-17)20-23-18(15-26-20)14-19(25)22-9-6-12-24-10-3-1-2-4-11-24/h5,7-8,13,15H,1-4,6,9-12,14H2,(H,22,25). The molecule has 26 heavy (non-hydrogen) atoms. The van der Waals surface area contributed by atoms with Gasteiger partial charge in [-0.05, 0) is 51.0 Å². The number of nitrogens with one attached hydrogen (secondary N) is 1. The Kier molecular flexibility index (Phi) is 7.14. The van der Waals surface area contributed by atoms with Crippen LogP contribution in [0.2, 0.25) is 0 Å². The van der Waals surface area contributed by atoms with E-state index in [0.29, 0.717) is 6.54 Å². The van der Waals surface area contributed by atoms with Crippen molar-refractivity contribution >= 4 is 17.2 Å². The molecule has 140 valence electrons. The number of thiazole rings is 1. The Hall–Kier alpha value is -1.79. The lowest BCUT2D eigenvalue weighted by molar-refractivity contribution is -0.120. The van der Waals surface area contributed by atoms with Crippen LogP contribution in [0, 0.1) is 5.82 Å². The Morgan fingerprint density at radius 3 is 2.81 bits per heavy atom. The second-order valence-corrected chi connectivity index (χ2v) is 7.65. The van der Waals surface area contributed by atoms with Crippen LogP contribution in [0.5, 0.6) is 0 Å². The molecule has 1 fully saturated rings. The molecule has 1 N–H and O–H groups in total. The monoisotopic (exact) mass is 375 g/mol. The Morgan fingerprint density at radius 1 is 1.23 bits per heavy atom. The second kappa shape index (κ2) is 9.78. The molecule has 1 amide bonds. The summed E-state index contributed by atoms with van der Waals surface area (Å²) in [5.41, 5.74) is 1.48. The fourth-order valence-electron chi connectivity index (χ4n) is 3.26. The van der Waals surface area contributed by atoms with Gasteiger partial charge in [0.05, 0.1) is 12.1 Å². The van der Waals surface area contributed by atoms with E-state index in [2.05, 4.69) is 15.2 Å². The van der Waals surface area contributed by atoms with Gasteiger partial charge in [-0.25, -0.2) is 9.37 Å². The predicted octanol–water partition coefficient (Wildman–Crippen LogP) is 3.87. The zero-order valence-electron chi connectivity index (χ0n) is 15.0. The van der Waals surface area contributed by atoms with E-state index in [1.165, 1.54) is 62.2 Å². The minimum atomic E-state index is -0.276. The number of rotatable bonds is 7. The highest BCUT2D eigenvalue weighted by atomic mass is 32.1. The van der Waals surface area contributed by atoms with E-state index in [-0.39, 0.29) is 18.1 Å². The molecule has 1 aliphatic heterocycles. The Morgan fingerprint density at radius 2 is 2.04 bits per heavy atom. The molecule has 0 saturated carbocycles. The van der Waals surface area contributed by atoms with Gasteiger partial charge in [-0.3, -0.25) is 4.79 Å². The number of aromatic nitrogens is 1. The van der Waals surface area contributed by atoms with Crippen molar-refractivity contribution in [2.75, 3.05) is 26.2 Å². The lowest BCUT2D eigenvalue weighted by atomic mass is 10.2. The summed E-state index contributed by atoms with van der Waals surface area (Å²) >= 11 is 1.44. The van der Waals surface area contributed by atoms with Gasteiger partial charge in [0.25, 0.3) is 0 Å². The molecule has 6 heteroatoms. The third-order valence-electron chi connectivity index (χ3n) is 4.64. The van der Waals surface area contributed by atoms with Gasteiger partial charge in [0.1, 0.15) is 10.8 Å². The predicted molar refractivity (Wildman–Crippen MR) is 104 cm³/mol. The molecule has 0 spiro atoms. The van der Waals surface area contributed by atoms with Gasteiger partial charge in [0.15, 0.2) is 0 Å². The van der Waals surface area contributed by atoms with Crippen molar-refractivity contribution in [3.8, 4) is 10.6 Å². The highest BCUT2D eigenvalue weighted by molar-refractivity contribution is 7.13. The molecule has 2 heterocycles. The summed E-state index contributed by atoms with van der Waals surface area (Å²) in [4.78, 5) is 19.1. The van der Waals surface area contributed by atoms with Gasteiger partial charge < -0.3 is 10.2 Å². The maximum absolute atomic E-state index is 13.3. The van der Waals surface area contributed by atoms with E-state index in [1.807, 2.05) is 11.4 Å². The van der Waals surface area contributed by atoms with E-state index >= 15 is 0 Å². The first kappa shape index (κ1) is 19.0. The summed E-state index contributed by atoms with van der Waals surface area (Å²) in [6, 6.07) is 6.37. The van der Waals surface area contributed by atoms with Gasteiger partial charge >= 0.3 is 0 Å². The smallest absolute Gasteiger partial charge is 0.226 e. The average Bonchev–Trinajstić information content (AvgIpc) is 2.93. The number of likely N-dealkylation sites (tertiary alicyclic amines) is 1. The lowest BCUT2D eigenvalue weighted by Gasteiger charge is -2.19. The highest BCUT2D eigenvalue weighted by Gasteiger charge is 2.11. The quantitative estimate of drug-likeness (QED) is 0.747. The van der Waals surface area contributed by atoms with Crippen LogP contribution >= 0.6 is 11.3 Å². The van der Waals surface area contributed by atoms with Crippen molar-refractivity contribution in [3.05, 3.63) is 41.2 Å². The third-order valence-corrected chi connectivity index (χ3v) is 5.58. The van der Waals surface area contributed by atoms with Crippen molar-refractivity contribution < 1.29 is 9.18 Å². The number of hydrogen-bond donors (Lipinski definition) is 1. The molecule has 0 unspecified atom stereocenters. The first-order valence-corrected chi connectivity index (χ1v) is 10.3. The minimum absolute atomic E-state index is 0.00282. The highest BCUT2D eigenvalue weighted by Crippen LogP contribution is 2.24. The molecule has 0 bridgehead atoms. The Labute approximate surface area is 158 Å². The van der Waals surface area contributed by atoms with Gasteiger partial charge in [-0.15, -0.1) is 11.3 Å². The fourth-order valence-corrected chi connectivity index (χ4v) is 4.08. The summed E-state index contributed by atoms with van der Waals surface area (Å²) in [5.74, 6) is -0.279. The van der Waals surface area contributed by atoms with E-state index in [4.69, 9.17) is 0 Å². The third kappa shape index (κ3) is 5.88. The zero-order valence-corrected chi connectivity index (χ0v) is 15.9. The average molecular weight is 376 g/mol. The number of halogens is 1. The van der Waals surface area contributed by atoms with Crippen molar-refractivity contribution in [2.24, 2.45) is 0 Å². The summed E-state index contributed by atoms with van der Waals surface area (Å²) in [6.45, 7) is 4.14. The number of benzene rings is 1. The van der Waals surface area contributed by atoms with Crippen molar-refractivity contribution in [3.63, 3.8) is 0 Å². The van der Waals surface area contributed by atoms with Crippen LogP contribution in [0.15, 0.2) is 29.6 Å². The number of nitrogens with zero attached hydrogens (tertiary/aromatic N) is 2. The van der Waals surface area contributed by atoms with E-state index in [9.17, 15) is 9.18 Å². The fraction of sp³-hybridized carbons (Fsp3) is 0.500. The van der Waals surface area contributed by atoms with Crippen LogP contribution in [0.4, 0.5) is 4.39 Å². The number of carbonyl (C=O) groups excluding carboxylic acids is 1.